The molecule has 12 N–H and O–H groups in total. The Kier molecular flexibility index (Phi) is 22.1. The Labute approximate surface area is 488 Å². The quantitative estimate of drug-likeness (QED) is 0.0475. The minimum atomic E-state index is -1.54. The highest BCUT2D eigenvalue weighted by Crippen LogP contribution is 2.33. The zero-order valence-electron chi connectivity index (χ0n) is 48.0. The van der Waals surface area contributed by atoms with E-state index in [0.29, 0.717) is 31.2 Å². The highest BCUT2D eigenvalue weighted by Gasteiger charge is 2.48. The first-order chi connectivity index (χ1) is 40.1. The van der Waals surface area contributed by atoms with E-state index in [0.717, 1.165) is 11.1 Å². The van der Waals surface area contributed by atoms with E-state index in [-0.39, 0.29) is 70.0 Å². The molecule has 4 fully saturated rings. The number of piperidine rings is 1. The minimum absolute atomic E-state index is 0.0280. The zero-order chi connectivity index (χ0) is 60.8. The van der Waals surface area contributed by atoms with Crippen molar-refractivity contribution >= 4 is 65.0 Å². The highest BCUT2D eigenvalue weighted by molar-refractivity contribution is 5.99. The van der Waals surface area contributed by atoms with Gasteiger partial charge in [0.15, 0.2) is 0 Å². The number of carbonyl (C=O) groups is 11. The largest absolute Gasteiger partial charge is 0.391 e. The van der Waals surface area contributed by atoms with Crippen LogP contribution in [0.15, 0.2) is 91.0 Å². The molecular formula is C60H80N12O12. The molecular weight excluding hydrogens is 1080 g/mol. The Morgan fingerprint density at radius 3 is 1.67 bits per heavy atom. The number of benzene rings is 3. The van der Waals surface area contributed by atoms with Crippen LogP contribution in [0.2, 0.25) is 0 Å². The summed E-state index contributed by atoms with van der Waals surface area (Å²) in [5, 5.41) is 29.5. The van der Waals surface area contributed by atoms with Gasteiger partial charge in [0, 0.05) is 32.0 Å². The molecule has 24 heteroatoms. The van der Waals surface area contributed by atoms with Gasteiger partial charge in [0.1, 0.15) is 54.4 Å². The number of nitrogens with zero attached hydrogens (tertiary/aromatic N) is 3. The number of amides is 11. The van der Waals surface area contributed by atoms with Crippen molar-refractivity contribution in [3.05, 3.63) is 108 Å². The fourth-order valence-electron chi connectivity index (χ4n) is 11.5. The molecule has 0 radical (unpaired) electrons. The summed E-state index contributed by atoms with van der Waals surface area (Å²) < 4.78 is 0. The fourth-order valence-corrected chi connectivity index (χ4v) is 11.5. The zero-order valence-corrected chi connectivity index (χ0v) is 48.0. The average molecular weight is 1160 g/mol. The van der Waals surface area contributed by atoms with Crippen molar-refractivity contribution in [3.63, 3.8) is 0 Å². The number of nitrogens with one attached hydrogen (secondary N) is 7. The molecule has 0 unspecified atom stereocenters. The number of nitrogens with two attached hydrogens (primary N) is 2. The van der Waals surface area contributed by atoms with Gasteiger partial charge in [0.05, 0.1) is 18.7 Å². The Hall–Kier alpha value is -8.25. The van der Waals surface area contributed by atoms with E-state index in [1.807, 2.05) is 36.4 Å². The molecule has 12 atom stereocenters. The lowest BCUT2D eigenvalue weighted by molar-refractivity contribution is -0.147. The van der Waals surface area contributed by atoms with E-state index in [4.69, 9.17) is 11.5 Å². The summed E-state index contributed by atoms with van der Waals surface area (Å²) >= 11 is 0. The van der Waals surface area contributed by atoms with Gasteiger partial charge in [0.2, 0.25) is 65.0 Å². The Morgan fingerprint density at radius 2 is 1.10 bits per heavy atom. The molecule has 0 aliphatic carbocycles. The summed E-state index contributed by atoms with van der Waals surface area (Å²) in [4.78, 5) is 155. The molecule has 7 rings (SSSR count). The number of fused-ring (bicyclic) bond motifs is 1. The number of hydrogen-bond acceptors (Lipinski definition) is 13. The van der Waals surface area contributed by atoms with Crippen molar-refractivity contribution in [2.24, 2.45) is 17.4 Å². The van der Waals surface area contributed by atoms with Crippen LogP contribution in [-0.2, 0) is 72.0 Å². The van der Waals surface area contributed by atoms with Crippen molar-refractivity contribution < 1.29 is 57.8 Å². The first-order valence-corrected chi connectivity index (χ1v) is 29.0. The lowest BCUT2D eigenvalue weighted by Crippen LogP contribution is -2.63. The molecule has 4 heterocycles. The van der Waals surface area contributed by atoms with E-state index in [1.54, 1.807) is 68.4 Å². The summed E-state index contributed by atoms with van der Waals surface area (Å²) in [5.74, 6) is -7.51. The van der Waals surface area contributed by atoms with Gasteiger partial charge in [-0.2, -0.15) is 0 Å². The third-order valence-electron chi connectivity index (χ3n) is 16.1. The SMILES string of the molecule is CC(C)[C@H](NC(=O)[C@@H](N)Cc1ccccc1)C(=O)N1CCC[C@H]1C(=O)N[C@H](C(=O)N[C@H]1CC[C@H]2CC[C@@H](C(=O)NCC(=O)N3CCC[C@H]3C(=O)N[C@@H](Cc3ccccc3)C(=O)N[C@@H](C)C(=O)N[C@@H](Cc3ccccc3)C(N)=O)N2C1=O)[C@@H](C)O. The molecule has 4 aliphatic heterocycles. The van der Waals surface area contributed by atoms with Crippen LogP contribution < -0.4 is 48.7 Å². The third-order valence-corrected chi connectivity index (χ3v) is 16.1. The van der Waals surface area contributed by atoms with Crippen LogP contribution in [0.5, 0.6) is 0 Å². The maximum atomic E-state index is 14.2. The molecule has 0 aromatic heterocycles. The molecule has 452 valence electrons. The lowest BCUT2D eigenvalue weighted by atomic mass is 9.97. The molecule has 4 saturated heterocycles. The summed E-state index contributed by atoms with van der Waals surface area (Å²) in [7, 11) is 0. The second kappa shape index (κ2) is 29.3. The number of hydrogen-bond donors (Lipinski definition) is 10. The molecule has 84 heavy (non-hydrogen) atoms. The van der Waals surface area contributed by atoms with E-state index in [1.165, 1.54) is 28.5 Å². The number of carbonyl (C=O) groups excluding carboxylic acids is 11. The van der Waals surface area contributed by atoms with Gasteiger partial charge in [-0.25, -0.2) is 0 Å². The maximum absolute atomic E-state index is 14.2. The monoisotopic (exact) mass is 1160 g/mol. The predicted octanol–water partition coefficient (Wildman–Crippen LogP) is -1.26. The molecule has 4 aliphatic rings. The second-order valence-electron chi connectivity index (χ2n) is 22.7. The Bertz CT molecular complexity index is 2860. The van der Waals surface area contributed by atoms with Gasteiger partial charge in [-0.05, 0) is 94.2 Å². The van der Waals surface area contributed by atoms with E-state index in [9.17, 15) is 57.8 Å². The first kappa shape index (κ1) is 63.3. The molecule has 0 spiro atoms. The summed E-state index contributed by atoms with van der Waals surface area (Å²) in [6.07, 6.45) is 1.71. The molecule has 3 aromatic carbocycles. The van der Waals surface area contributed by atoms with E-state index in [2.05, 4.69) is 37.2 Å². The van der Waals surface area contributed by atoms with Gasteiger partial charge >= 0.3 is 0 Å². The molecule has 0 saturated carbocycles. The predicted molar refractivity (Wildman–Crippen MR) is 307 cm³/mol. The number of aliphatic hydroxyl groups is 1. The van der Waals surface area contributed by atoms with Crippen LogP contribution in [0.1, 0.15) is 95.8 Å². The lowest BCUT2D eigenvalue weighted by Gasteiger charge is -2.38. The van der Waals surface area contributed by atoms with Crippen molar-refractivity contribution in [2.45, 2.75) is 171 Å². The molecule has 3 aromatic rings. The first-order valence-electron chi connectivity index (χ1n) is 29.0. The van der Waals surface area contributed by atoms with Crippen LogP contribution in [0.4, 0.5) is 0 Å². The van der Waals surface area contributed by atoms with Crippen LogP contribution in [0.3, 0.4) is 0 Å². The van der Waals surface area contributed by atoms with E-state index < -0.39 is 138 Å². The van der Waals surface area contributed by atoms with Crippen molar-refractivity contribution in [3.8, 4) is 0 Å². The topological polar surface area (TPSA) is 354 Å². The Morgan fingerprint density at radius 1 is 0.560 bits per heavy atom. The van der Waals surface area contributed by atoms with E-state index >= 15 is 0 Å². The minimum Gasteiger partial charge on any atom is -0.391 e. The maximum Gasteiger partial charge on any atom is 0.246 e. The highest BCUT2D eigenvalue weighted by atomic mass is 16.3. The fraction of sp³-hybridized carbons (Fsp3) is 0.517. The normalized spacial score (nSPS) is 21.8. The van der Waals surface area contributed by atoms with Crippen LogP contribution >= 0.6 is 0 Å². The van der Waals surface area contributed by atoms with Crippen LogP contribution in [-0.4, -0.2) is 177 Å². The third kappa shape index (κ3) is 16.3. The standard InChI is InChI=1S/C60H80N12O12/c1-34(2)49(68-53(77)41(61)30-37-16-8-5-9-17-37)60(84)71-29-15-23-46(71)57(81)69-50(36(4)73)58(82)65-42-26-24-40-25-27-47(72(40)59(42)83)55(79)63-33-48(74)70-28-14-22-45(70)56(80)67-44(32-39-20-12-7-13-21-39)54(78)64-35(3)52(76)66-43(51(62)75)31-38-18-10-6-11-19-38/h5-13,16-21,34-36,40-47,49-50,73H,14-15,22-33,61H2,1-4H3,(H2,62,75)(H,63,79)(H,64,78)(H,65,82)(H,66,76)(H,67,80)(H,68,77)(H,69,81)/t35-,36+,40-,41-,42-,43-,44-,45-,46-,47-,49-,50-/m0/s1. The number of rotatable bonds is 25. The van der Waals surface area contributed by atoms with Gasteiger partial charge in [-0.15, -0.1) is 0 Å². The smallest absolute Gasteiger partial charge is 0.246 e. The molecule has 11 amide bonds. The number of likely N-dealkylation sites (tertiary alicyclic amines) is 2. The average Bonchev–Trinajstić information content (AvgIpc) is 3.72. The van der Waals surface area contributed by atoms with Gasteiger partial charge in [-0.3, -0.25) is 52.7 Å². The van der Waals surface area contributed by atoms with Crippen molar-refractivity contribution in [2.75, 3.05) is 19.6 Å². The number of primary amides is 1. The number of aliphatic hydroxyl groups excluding tert-OH is 1. The van der Waals surface area contributed by atoms with Crippen molar-refractivity contribution in [1.29, 1.82) is 0 Å². The Balaban J connectivity index is 0.914. The second-order valence-corrected chi connectivity index (χ2v) is 22.7. The summed E-state index contributed by atoms with van der Waals surface area (Å²) in [6, 6.07) is 15.6. The van der Waals surface area contributed by atoms with Crippen LogP contribution in [0.25, 0.3) is 0 Å². The molecule has 24 nitrogen and oxygen atoms in total. The van der Waals surface area contributed by atoms with Gasteiger partial charge in [-0.1, -0.05) is 105 Å². The van der Waals surface area contributed by atoms with Crippen molar-refractivity contribution in [1.82, 2.24) is 51.9 Å². The molecule has 0 bridgehead atoms. The summed E-state index contributed by atoms with van der Waals surface area (Å²) in [6.45, 7) is 6.11. The van der Waals surface area contributed by atoms with Gasteiger partial charge < -0.3 is 68.5 Å². The van der Waals surface area contributed by atoms with Crippen LogP contribution in [0, 0.1) is 5.92 Å². The van der Waals surface area contributed by atoms with Gasteiger partial charge in [0.25, 0.3) is 0 Å². The summed E-state index contributed by atoms with van der Waals surface area (Å²) in [5.41, 5.74) is 14.1.